The minimum absolute atomic E-state index is 0. The van der Waals surface area contributed by atoms with Crippen molar-refractivity contribution in [2.24, 2.45) is 10.9 Å². The van der Waals surface area contributed by atoms with E-state index in [1.54, 1.807) is 0 Å². The van der Waals surface area contributed by atoms with Crippen molar-refractivity contribution < 1.29 is 9.94 Å². The summed E-state index contributed by atoms with van der Waals surface area (Å²) in [4.78, 5) is 5.24. The van der Waals surface area contributed by atoms with Crippen LogP contribution in [0.15, 0.2) is 65.8 Å². The fraction of sp³-hybridized carbons (Fsp3) is 0.381. The minimum atomic E-state index is -0.618. The molecule has 0 amide bonds. The lowest BCUT2D eigenvalue weighted by Gasteiger charge is -2.18. The summed E-state index contributed by atoms with van der Waals surface area (Å²) in [6, 6.07) is 20.8. The molecule has 0 aliphatic rings. The van der Waals surface area contributed by atoms with Crippen LogP contribution in [0.25, 0.3) is 0 Å². The van der Waals surface area contributed by atoms with Gasteiger partial charge in [0.1, 0.15) is 18.5 Å². The van der Waals surface area contributed by atoms with E-state index in [0.29, 0.717) is 24.8 Å². The van der Waals surface area contributed by atoms with E-state index in [9.17, 15) is 5.11 Å². The number of amidine groups is 1. The fourth-order valence-corrected chi connectivity index (χ4v) is 2.68. The van der Waals surface area contributed by atoms with Crippen LogP contribution in [0.4, 0.5) is 0 Å². The van der Waals surface area contributed by atoms with E-state index in [-0.39, 0.29) is 37.3 Å². The van der Waals surface area contributed by atoms with E-state index >= 15 is 0 Å². The lowest BCUT2D eigenvalue weighted by Crippen LogP contribution is -2.34. The normalized spacial score (nSPS) is 12.2. The van der Waals surface area contributed by atoms with Gasteiger partial charge >= 0.3 is 0 Å². The molecule has 1 unspecified atom stereocenters. The first-order valence-corrected chi connectivity index (χ1v) is 9.02. The quantitative estimate of drug-likeness (QED) is 0.306. The van der Waals surface area contributed by atoms with Crippen LogP contribution in [0.1, 0.15) is 37.3 Å². The van der Waals surface area contributed by atoms with E-state index in [1.165, 1.54) is 11.1 Å². The Morgan fingerprint density at radius 3 is 1.96 bits per heavy atom. The second-order valence-corrected chi connectivity index (χ2v) is 6.67. The number of hydrogen-bond donors (Lipinski definition) is 3. The van der Waals surface area contributed by atoms with E-state index < -0.39 is 6.10 Å². The molecule has 0 bridgehead atoms. The van der Waals surface area contributed by atoms with Crippen molar-refractivity contribution in [2.45, 2.75) is 38.3 Å². The molecule has 4 N–H and O–H groups in total. The Labute approximate surface area is 180 Å². The van der Waals surface area contributed by atoms with Crippen molar-refractivity contribution in [3.8, 4) is 0 Å². The smallest absolute Gasteiger partial charge is 0.144 e. The summed E-state index contributed by atoms with van der Waals surface area (Å²) in [5, 5.41) is 17.0. The van der Waals surface area contributed by atoms with Gasteiger partial charge in [0.2, 0.25) is 0 Å². The third kappa shape index (κ3) is 9.42. The Hall–Kier alpha value is -1.79. The van der Waals surface area contributed by atoms with Gasteiger partial charge in [0.25, 0.3) is 0 Å². The highest BCUT2D eigenvalue weighted by atomic mass is 35.5. The largest absolute Gasteiger partial charge is 0.392 e. The van der Waals surface area contributed by atoms with Crippen LogP contribution in [-0.2, 0) is 4.84 Å². The van der Waals surface area contributed by atoms with Crippen LogP contribution in [-0.4, -0.2) is 36.2 Å². The number of hydrogen-bond acceptors (Lipinski definition) is 4. The molecule has 1 atom stereocenters. The summed E-state index contributed by atoms with van der Waals surface area (Å²) < 4.78 is 0. The fourth-order valence-electron chi connectivity index (χ4n) is 2.68. The summed E-state index contributed by atoms with van der Waals surface area (Å²) in [6.07, 6.45) is -0.0676. The SMILES string of the molecule is CC(C)NCC(O)CON=C(N)CC(c1ccccc1)c1ccccc1.Cl.Cl. The van der Waals surface area contributed by atoms with E-state index in [1.807, 2.05) is 50.2 Å². The Bertz CT molecular complexity index is 630. The molecular formula is C21H31Cl2N3O2. The average Bonchev–Trinajstić information content (AvgIpc) is 2.66. The molecule has 28 heavy (non-hydrogen) atoms. The van der Waals surface area contributed by atoms with E-state index in [4.69, 9.17) is 10.6 Å². The molecule has 0 aliphatic heterocycles. The molecule has 0 saturated carbocycles. The molecule has 0 radical (unpaired) electrons. The molecule has 0 aliphatic carbocycles. The molecule has 0 saturated heterocycles. The van der Waals surface area contributed by atoms with Crippen LogP contribution in [0.3, 0.4) is 0 Å². The summed E-state index contributed by atoms with van der Waals surface area (Å²) in [5.41, 5.74) is 8.44. The van der Waals surface area contributed by atoms with Crippen molar-refractivity contribution >= 4 is 30.6 Å². The highest BCUT2D eigenvalue weighted by Gasteiger charge is 2.16. The predicted molar refractivity (Wildman–Crippen MR) is 121 cm³/mol. The van der Waals surface area contributed by atoms with Gasteiger partial charge in [-0.2, -0.15) is 0 Å². The number of aliphatic hydroxyl groups excluding tert-OH is 1. The summed E-state index contributed by atoms with van der Waals surface area (Å²) in [7, 11) is 0. The predicted octanol–water partition coefficient (Wildman–Crippen LogP) is 3.70. The zero-order chi connectivity index (χ0) is 18.8. The third-order valence-corrected chi connectivity index (χ3v) is 4.03. The van der Waals surface area contributed by atoms with Gasteiger partial charge in [-0.15, -0.1) is 24.8 Å². The van der Waals surface area contributed by atoms with Crippen molar-refractivity contribution in [3.63, 3.8) is 0 Å². The Morgan fingerprint density at radius 2 is 1.50 bits per heavy atom. The minimum Gasteiger partial charge on any atom is -0.392 e. The Kier molecular flexibility index (Phi) is 13.3. The van der Waals surface area contributed by atoms with E-state index in [0.717, 1.165) is 0 Å². The van der Waals surface area contributed by atoms with Crippen LogP contribution >= 0.6 is 24.8 Å². The maximum absolute atomic E-state index is 9.85. The second kappa shape index (κ2) is 14.2. The Balaban J connectivity index is 0.00000364. The lowest BCUT2D eigenvalue weighted by atomic mass is 9.88. The number of halogens is 2. The molecule has 2 aromatic carbocycles. The van der Waals surface area contributed by atoms with Gasteiger partial charge in [0, 0.05) is 24.9 Å². The maximum Gasteiger partial charge on any atom is 0.144 e. The highest BCUT2D eigenvalue weighted by Crippen LogP contribution is 2.27. The number of aliphatic hydroxyl groups is 1. The number of nitrogens with two attached hydrogens (primary N) is 1. The van der Waals surface area contributed by atoms with Gasteiger partial charge in [0.15, 0.2) is 0 Å². The molecule has 0 heterocycles. The number of oxime groups is 1. The molecule has 5 nitrogen and oxygen atoms in total. The standard InChI is InChI=1S/C21H29N3O2.2ClH/c1-16(2)23-14-19(25)15-26-24-21(22)13-20(17-9-5-3-6-10-17)18-11-7-4-8-12-18;;/h3-12,16,19-20,23,25H,13-15H2,1-2H3,(H2,22,24);2*1H. The lowest BCUT2D eigenvalue weighted by molar-refractivity contribution is 0.0390. The van der Waals surface area contributed by atoms with Gasteiger partial charge < -0.3 is 21.0 Å². The molecule has 0 aromatic heterocycles. The second-order valence-electron chi connectivity index (χ2n) is 6.67. The van der Waals surface area contributed by atoms with E-state index in [2.05, 4.69) is 34.7 Å². The molecule has 0 fully saturated rings. The molecule has 156 valence electrons. The molecule has 0 spiro atoms. The van der Waals surface area contributed by atoms with Crippen LogP contribution < -0.4 is 11.1 Å². The Morgan fingerprint density at radius 1 is 1.00 bits per heavy atom. The highest BCUT2D eigenvalue weighted by molar-refractivity contribution is 5.85. The van der Waals surface area contributed by atoms with Gasteiger partial charge in [-0.05, 0) is 11.1 Å². The van der Waals surface area contributed by atoms with Crippen molar-refractivity contribution in [3.05, 3.63) is 71.8 Å². The van der Waals surface area contributed by atoms with Crippen molar-refractivity contribution in [1.82, 2.24) is 5.32 Å². The molecule has 7 heteroatoms. The number of benzene rings is 2. The summed E-state index contributed by atoms with van der Waals surface area (Å²) >= 11 is 0. The van der Waals surface area contributed by atoms with Crippen molar-refractivity contribution in [1.29, 1.82) is 0 Å². The first-order chi connectivity index (χ1) is 12.6. The first kappa shape index (κ1) is 26.2. The maximum atomic E-state index is 9.85. The topological polar surface area (TPSA) is 79.9 Å². The third-order valence-electron chi connectivity index (χ3n) is 4.03. The van der Waals surface area contributed by atoms with Crippen molar-refractivity contribution in [2.75, 3.05) is 13.2 Å². The monoisotopic (exact) mass is 427 g/mol. The zero-order valence-electron chi connectivity index (χ0n) is 16.3. The van der Waals surface area contributed by atoms with Crippen LogP contribution in [0.2, 0.25) is 0 Å². The van der Waals surface area contributed by atoms with Gasteiger partial charge in [-0.1, -0.05) is 79.7 Å². The molecule has 2 aromatic rings. The first-order valence-electron chi connectivity index (χ1n) is 9.02. The van der Waals surface area contributed by atoms with Gasteiger partial charge in [-0.25, -0.2) is 0 Å². The van der Waals surface area contributed by atoms with Crippen LogP contribution in [0, 0.1) is 0 Å². The average molecular weight is 428 g/mol. The summed E-state index contributed by atoms with van der Waals surface area (Å²) in [6.45, 7) is 4.62. The molecular weight excluding hydrogens is 397 g/mol. The number of nitrogens with one attached hydrogen (secondary N) is 1. The van der Waals surface area contributed by atoms with Gasteiger partial charge in [-0.3, -0.25) is 0 Å². The molecule has 2 rings (SSSR count). The summed E-state index contributed by atoms with van der Waals surface area (Å²) in [5.74, 6) is 0.518. The number of rotatable bonds is 10. The van der Waals surface area contributed by atoms with Crippen LogP contribution in [0.5, 0.6) is 0 Å². The zero-order valence-corrected chi connectivity index (χ0v) is 18.0. The number of nitrogens with zero attached hydrogens (tertiary/aromatic N) is 1. The van der Waals surface area contributed by atoms with Gasteiger partial charge in [0.05, 0.1) is 0 Å².